The Bertz CT molecular complexity index is 609. The quantitative estimate of drug-likeness (QED) is 0.483. The van der Waals surface area contributed by atoms with Crippen LogP contribution in [-0.2, 0) is 0 Å². The lowest BCUT2D eigenvalue weighted by molar-refractivity contribution is 0.791. The van der Waals surface area contributed by atoms with E-state index in [0.29, 0.717) is 0 Å². The average Bonchev–Trinajstić information content (AvgIpc) is 2.56. The molecule has 0 atom stereocenters. The third kappa shape index (κ3) is 5.51. The summed E-state index contributed by atoms with van der Waals surface area (Å²) >= 11 is 0. The number of aryl methyl sites for hydroxylation is 1. The standard InChI is InChI=1S/C20H29N3/c1-7-12-23(9-3)19-10-11-20(16(4)13-19)22-14-17(5)18(8-2)15-21-6/h8,10-11,13-15H,5,7,9,12H2,1-4,6H3/b18-8+,21-15?,22-14?. The number of hydrogen-bond donors (Lipinski definition) is 0. The maximum Gasteiger partial charge on any atom is 0.0660 e. The molecule has 124 valence electrons. The fraction of sp³-hybridized carbons (Fsp3) is 0.400. The van der Waals surface area contributed by atoms with Crippen molar-refractivity contribution in [1.82, 2.24) is 0 Å². The van der Waals surface area contributed by atoms with Crippen LogP contribution in [0.25, 0.3) is 0 Å². The van der Waals surface area contributed by atoms with E-state index in [9.17, 15) is 0 Å². The third-order valence-electron chi connectivity index (χ3n) is 3.73. The molecule has 0 aliphatic heterocycles. The van der Waals surface area contributed by atoms with Crippen molar-refractivity contribution < 1.29 is 0 Å². The first-order valence-electron chi connectivity index (χ1n) is 8.24. The molecule has 0 radical (unpaired) electrons. The molecule has 0 saturated carbocycles. The zero-order chi connectivity index (χ0) is 17.2. The summed E-state index contributed by atoms with van der Waals surface area (Å²) in [5, 5.41) is 0. The van der Waals surface area contributed by atoms with E-state index >= 15 is 0 Å². The van der Waals surface area contributed by atoms with Crippen LogP contribution in [0.2, 0.25) is 0 Å². The average molecular weight is 311 g/mol. The van der Waals surface area contributed by atoms with Crippen LogP contribution in [0.3, 0.4) is 0 Å². The molecule has 0 spiro atoms. The normalized spacial score (nSPS) is 12.3. The number of benzene rings is 1. The highest BCUT2D eigenvalue weighted by molar-refractivity contribution is 5.98. The summed E-state index contributed by atoms with van der Waals surface area (Å²) in [6.45, 7) is 14.6. The van der Waals surface area contributed by atoms with E-state index in [0.717, 1.165) is 36.3 Å². The third-order valence-corrected chi connectivity index (χ3v) is 3.73. The van der Waals surface area contributed by atoms with E-state index in [1.165, 1.54) is 11.3 Å². The Hall–Kier alpha value is -2.16. The van der Waals surface area contributed by atoms with Gasteiger partial charge in [-0.15, -0.1) is 0 Å². The van der Waals surface area contributed by atoms with E-state index in [-0.39, 0.29) is 0 Å². The zero-order valence-electron chi connectivity index (χ0n) is 15.1. The highest BCUT2D eigenvalue weighted by Crippen LogP contribution is 2.25. The van der Waals surface area contributed by atoms with Gasteiger partial charge in [-0.1, -0.05) is 19.6 Å². The largest absolute Gasteiger partial charge is 0.372 e. The van der Waals surface area contributed by atoms with Crippen LogP contribution in [0.5, 0.6) is 0 Å². The van der Waals surface area contributed by atoms with Crippen molar-refractivity contribution in [1.29, 1.82) is 0 Å². The number of rotatable bonds is 8. The molecular weight excluding hydrogens is 282 g/mol. The van der Waals surface area contributed by atoms with Gasteiger partial charge in [0.1, 0.15) is 0 Å². The minimum Gasteiger partial charge on any atom is -0.372 e. The molecule has 0 heterocycles. The molecule has 23 heavy (non-hydrogen) atoms. The second-order valence-corrected chi connectivity index (χ2v) is 5.47. The van der Waals surface area contributed by atoms with Gasteiger partial charge in [0.15, 0.2) is 0 Å². The molecule has 3 heteroatoms. The van der Waals surface area contributed by atoms with Crippen molar-refractivity contribution >= 4 is 23.8 Å². The molecule has 3 nitrogen and oxygen atoms in total. The lowest BCUT2D eigenvalue weighted by Crippen LogP contribution is -2.23. The first-order chi connectivity index (χ1) is 11.1. The van der Waals surface area contributed by atoms with E-state index in [1.807, 2.05) is 19.2 Å². The maximum atomic E-state index is 4.58. The van der Waals surface area contributed by atoms with Crippen molar-refractivity contribution in [3.8, 4) is 0 Å². The highest BCUT2D eigenvalue weighted by Gasteiger charge is 2.05. The number of hydrogen-bond acceptors (Lipinski definition) is 3. The van der Waals surface area contributed by atoms with Gasteiger partial charge in [0.25, 0.3) is 0 Å². The van der Waals surface area contributed by atoms with Gasteiger partial charge in [-0.05, 0) is 62.1 Å². The van der Waals surface area contributed by atoms with Gasteiger partial charge in [0, 0.05) is 38.3 Å². The Labute approximate surface area is 141 Å². The second-order valence-electron chi connectivity index (χ2n) is 5.47. The first kappa shape index (κ1) is 18.9. The predicted molar refractivity (Wildman–Crippen MR) is 105 cm³/mol. The molecule has 0 N–H and O–H groups in total. The molecule has 0 fully saturated rings. The SMILES string of the molecule is C=C(C=Nc1ccc(N(CC)CCC)cc1C)/C(C=NC)=C/C. The summed E-state index contributed by atoms with van der Waals surface area (Å²) in [6.07, 6.45) is 6.75. The summed E-state index contributed by atoms with van der Waals surface area (Å²) in [7, 11) is 1.76. The van der Waals surface area contributed by atoms with E-state index in [2.05, 4.69) is 60.4 Å². The summed E-state index contributed by atoms with van der Waals surface area (Å²) in [5.41, 5.74) is 5.27. The van der Waals surface area contributed by atoms with Gasteiger partial charge in [0.05, 0.1) is 5.69 Å². The number of nitrogens with zero attached hydrogens (tertiary/aromatic N) is 3. The molecule has 1 aromatic rings. The van der Waals surface area contributed by atoms with Crippen molar-refractivity contribution in [2.75, 3.05) is 25.0 Å². The number of anilines is 1. The predicted octanol–water partition coefficient (Wildman–Crippen LogP) is 5.14. The van der Waals surface area contributed by atoms with Gasteiger partial charge in [-0.25, -0.2) is 0 Å². The van der Waals surface area contributed by atoms with Crippen LogP contribution in [0.15, 0.2) is 52.0 Å². The van der Waals surface area contributed by atoms with Crippen LogP contribution >= 0.6 is 0 Å². The number of allylic oxidation sites excluding steroid dienone is 3. The topological polar surface area (TPSA) is 28.0 Å². The van der Waals surface area contributed by atoms with Crippen molar-refractivity contribution in [2.24, 2.45) is 9.98 Å². The Morgan fingerprint density at radius 1 is 1.26 bits per heavy atom. The monoisotopic (exact) mass is 311 g/mol. The van der Waals surface area contributed by atoms with E-state index in [1.54, 1.807) is 13.3 Å². The molecule has 0 unspecified atom stereocenters. The van der Waals surface area contributed by atoms with Crippen molar-refractivity contribution in [3.63, 3.8) is 0 Å². The lowest BCUT2D eigenvalue weighted by Gasteiger charge is -2.23. The first-order valence-corrected chi connectivity index (χ1v) is 8.24. The Morgan fingerprint density at radius 3 is 2.52 bits per heavy atom. The van der Waals surface area contributed by atoms with Gasteiger partial charge in [0.2, 0.25) is 0 Å². The summed E-state index contributed by atoms with van der Waals surface area (Å²) < 4.78 is 0. The van der Waals surface area contributed by atoms with Crippen LogP contribution in [0.1, 0.15) is 32.8 Å². The van der Waals surface area contributed by atoms with Gasteiger partial charge >= 0.3 is 0 Å². The van der Waals surface area contributed by atoms with Gasteiger partial charge < -0.3 is 4.90 Å². The molecular formula is C20H29N3. The lowest BCUT2D eigenvalue weighted by atomic mass is 10.1. The van der Waals surface area contributed by atoms with Crippen LogP contribution in [0.4, 0.5) is 11.4 Å². The smallest absolute Gasteiger partial charge is 0.0660 e. The minimum atomic E-state index is 0.864. The summed E-state index contributed by atoms with van der Waals surface area (Å²) in [5.74, 6) is 0. The maximum absolute atomic E-state index is 4.58. The van der Waals surface area contributed by atoms with Crippen molar-refractivity contribution in [2.45, 2.75) is 34.1 Å². The van der Waals surface area contributed by atoms with Gasteiger partial charge in [-0.3, -0.25) is 9.98 Å². The van der Waals surface area contributed by atoms with E-state index in [4.69, 9.17) is 0 Å². The summed E-state index contributed by atoms with van der Waals surface area (Å²) in [4.78, 5) is 11.0. The fourth-order valence-corrected chi connectivity index (χ4v) is 2.42. The second kappa shape index (κ2) is 9.78. The van der Waals surface area contributed by atoms with Crippen LogP contribution in [0, 0.1) is 6.92 Å². The van der Waals surface area contributed by atoms with Crippen LogP contribution in [-0.4, -0.2) is 32.6 Å². The molecule has 0 aromatic heterocycles. The highest BCUT2D eigenvalue weighted by atomic mass is 15.1. The molecule has 0 aliphatic carbocycles. The molecule has 1 aromatic carbocycles. The van der Waals surface area contributed by atoms with E-state index < -0.39 is 0 Å². The number of aliphatic imine (C=N–C) groups is 2. The molecule has 1 rings (SSSR count). The summed E-state index contributed by atoms with van der Waals surface area (Å²) in [6, 6.07) is 6.43. The van der Waals surface area contributed by atoms with Gasteiger partial charge in [-0.2, -0.15) is 0 Å². The zero-order valence-corrected chi connectivity index (χ0v) is 15.1. The van der Waals surface area contributed by atoms with Crippen molar-refractivity contribution in [3.05, 3.63) is 47.6 Å². The Balaban J connectivity index is 2.94. The molecule has 0 aliphatic rings. The Kier molecular flexibility index (Phi) is 8.03. The Morgan fingerprint density at radius 2 is 2.00 bits per heavy atom. The molecule has 0 bridgehead atoms. The fourth-order valence-electron chi connectivity index (χ4n) is 2.42. The van der Waals surface area contributed by atoms with Crippen LogP contribution < -0.4 is 4.90 Å². The minimum absolute atomic E-state index is 0.864. The molecule has 0 saturated heterocycles. The molecule has 0 amide bonds.